The minimum absolute atomic E-state index is 0. The fourth-order valence-corrected chi connectivity index (χ4v) is 1.82. The molecule has 0 aliphatic heterocycles. The van der Waals surface area contributed by atoms with Gasteiger partial charge in [-0.05, 0) is 18.2 Å². The normalized spacial score (nSPS) is 10.5. The van der Waals surface area contributed by atoms with Gasteiger partial charge in [-0.15, -0.1) is 0 Å². The van der Waals surface area contributed by atoms with E-state index in [0.717, 1.165) is 25.3 Å². The van der Waals surface area contributed by atoms with Crippen LogP contribution in [0.2, 0.25) is 0 Å². The van der Waals surface area contributed by atoms with Crippen LogP contribution < -0.4 is 29.6 Å². The smallest absolute Gasteiger partial charge is 1.00 e. The summed E-state index contributed by atoms with van der Waals surface area (Å²) in [6.45, 7) is 0. The van der Waals surface area contributed by atoms with Gasteiger partial charge in [-0.1, -0.05) is 0 Å². The zero-order valence-corrected chi connectivity index (χ0v) is 12.4. The molecule has 0 heterocycles. The number of carbonyl (C=O) groups is 2. The molecule has 9 heteroatoms. The molecule has 0 aromatic heterocycles. The number of carboxylic acids is 2. The Hall–Kier alpha value is -0.930. The zero-order chi connectivity index (χ0) is 13.2. The summed E-state index contributed by atoms with van der Waals surface area (Å²) in [5.74, 6) is -2.86. The summed E-state index contributed by atoms with van der Waals surface area (Å²) in [6, 6.07) is 2.51. The third-order valence-corrected chi connectivity index (χ3v) is 3.16. The largest absolute Gasteiger partial charge is 1.00 e. The average Bonchev–Trinajstić information content (AvgIpc) is 2.28. The number of hydrogen-bond donors (Lipinski definition) is 2. The van der Waals surface area contributed by atoms with Crippen molar-refractivity contribution in [1.82, 2.24) is 0 Å². The quantitative estimate of drug-likeness (QED) is 0.465. The van der Waals surface area contributed by atoms with Crippen LogP contribution >= 0.6 is 0 Å². The van der Waals surface area contributed by atoms with Crippen molar-refractivity contribution in [3.05, 3.63) is 29.3 Å². The van der Waals surface area contributed by atoms with E-state index in [9.17, 15) is 18.0 Å². The first-order valence-electron chi connectivity index (χ1n) is 4.20. The maximum atomic E-state index is 11.3. The summed E-state index contributed by atoms with van der Waals surface area (Å²) in [6.07, 6.45) is 0. The Morgan fingerprint density at radius 2 is 1.50 bits per heavy atom. The standard InChI is InChI=1S/C9H8O7S.Na.H/c1-16-17(14,15)7-3-5(8(10)11)2-6(4-7)9(12)13;;/h2-4H,1H3,(H,10,11)(H,12,13);;/q;+1;-1. The Balaban J connectivity index is 0. The first-order valence-corrected chi connectivity index (χ1v) is 5.61. The van der Waals surface area contributed by atoms with Gasteiger partial charge in [0.05, 0.1) is 23.1 Å². The predicted molar refractivity (Wildman–Crippen MR) is 55.7 cm³/mol. The number of carboxylic acid groups (broad SMARTS) is 2. The first kappa shape index (κ1) is 17.1. The molecular formula is C9H9NaO7S. The van der Waals surface area contributed by atoms with Gasteiger partial charge in [-0.3, -0.25) is 4.18 Å². The van der Waals surface area contributed by atoms with Crippen molar-refractivity contribution in [2.24, 2.45) is 0 Å². The van der Waals surface area contributed by atoms with Crippen molar-refractivity contribution in [2.45, 2.75) is 4.90 Å². The molecule has 0 saturated heterocycles. The second kappa shape index (κ2) is 6.30. The SMILES string of the molecule is COS(=O)(=O)c1cc(C(=O)O)cc(C(=O)O)c1.[H-].[Na+]. The molecule has 1 aromatic rings. The van der Waals surface area contributed by atoms with E-state index in [1.807, 2.05) is 0 Å². The van der Waals surface area contributed by atoms with Crippen molar-refractivity contribution in [1.29, 1.82) is 0 Å². The molecule has 0 bridgehead atoms. The van der Waals surface area contributed by atoms with Crippen molar-refractivity contribution in [2.75, 3.05) is 7.11 Å². The monoisotopic (exact) mass is 284 g/mol. The van der Waals surface area contributed by atoms with Crippen LogP contribution in [-0.2, 0) is 14.3 Å². The fourth-order valence-electron chi connectivity index (χ4n) is 1.09. The number of benzene rings is 1. The van der Waals surface area contributed by atoms with Crippen molar-refractivity contribution < 1.29 is 63.4 Å². The van der Waals surface area contributed by atoms with E-state index in [4.69, 9.17) is 10.2 Å². The molecule has 0 aliphatic rings. The van der Waals surface area contributed by atoms with Gasteiger partial charge >= 0.3 is 41.5 Å². The van der Waals surface area contributed by atoms with Crippen LogP contribution in [0.4, 0.5) is 0 Å². The van der Waals surface area contributed by atoms with Gasteiger partial charge in [-0.25, -0.2) is 9.59 Å². The molecule has 0 saturated carbocycles. The van der Waals surface area contributed by atoms with Crippen LogP contribution in [0.5, 0.6) is 0 Å². The molecule has 0 aliphatic carbocycles. The molecule has 0 fully saturated rings. The van der Waals surface area contributed by atoms with Gasteiger partial charge in [0.15, 0.2) is 0 Å². The van der Waals surface area contributed by atoms with Gasteiger partial charge in [0.1, 0.15) is 0 Å². The second-order valence-corrected chi connectivity index (χ2v) is 4.69. The molecular weight excluding hydrogens is 275 g/mol. The maximum absolute atomic E-state index is 11.3. The Morgan fingerprint density at radius 1 is 1.11 bits per heavy atom. The number of aromatic carboxylic acids is 2. The zero-order valence-electron chi connectivity index (χ0n) is 10.6. The summed E-state index contributed by atoms with van der Waals surface area (Å²) in [5, 5.41) is 17.5. The third kappa shape index (κ3) is 3.79. The Kier molecular flexibility index (Phi) is 5.97. The van der Waals surface area contributed by atoms with Crippen LogP contribution in [0.3, 0.4) is 0 Å². The molecule has 1 rings (SSSR count). The van der Waals surface area contributed by atoms with Crippen LogP contribution in [0.25, 0.3) is 0 Å². The second-order valence-electron chi connectivity index (χ2n) is 2.98. The minimum atomic E-state index is -4.14. The molecule has 0 atom stereocenters. The van der Waals surface area contributed by atoms with Crippen LogP contribution in [0.15, 0.2) is 23.1 Å². The molecule has 94 valence electrons. The predicted octanol–water partition coefficient (Wildman–Crippen LogP) is -2.47. The van der Waals surface area contributed by atoms with E-state index in [1.165, 1.54) is 0 Å². The average molecular weight is 284 g/mol. The van der Waals surface area contributed by atoms with Crippen molar-refractivity contribution in [3.8, 4) is 0 Å². The summed E-state index contributed by atoms with van der Waals surface area (Å²) < 4.78 is 26.9. The Labute approximate surface area is 126 Å². The molecule has 0 spiro atoms. The van der Waals surface area contributed by atoms with Gasteiger partial charge in [0.2, 0.25) is 0 Å². The molecule has 1 aromatic carbocycles. The van der Waals surface area contributed by atoms with E-state index >= 15 is 0 Å². The minimum Gasteiger partial charge on any atom is -1.00 e. The van der Waals surface area contributed by atoms with Crippen molar-refractivity contribution >= 4 is 22.1 Å². The van der Waals surface area contributed by atoms with Gasteiger partial charge in [0, 0.05) is 0 Å². The molecule has 0 radical (unpaired) electrons. The number of rotatable bonds is 4. The molecule has 0 unspecified atom stereocenters. The summed E-state index contributed by atoms with van der Waals surface area (Å²) in [4.78, 5) is 20.9. The third-order valence-electron chi connectivity index (χ3n) is 1.91. The molecule has 18 heavy (non-hydrogen) atoms. The molecule has 2 N–H and O–H groups in total. The molecule has 7 nitrogen and oxygen atoms in total. The van der Waals surface area contributed by atoms with Crippen LogP contribution in [0.1, 0.15) is 22.1 Å². The van der Waals surface area contributed by atoms with E-state index < -0.39 is 38.1 Å². The molecule has 0 amide bonds. The van der Waals surface area contributed by atoms with Gasteiger partial charge in [0.25, 0.3) is 10.1 Å². The van der Waals surface area contributed by atoms with E-state index in [1.54, 1.807) is 0 Å². The van der Waals surface area contributed by atoms with Gasteiger partial charge in [-0.2, -0.15) is 8.42 Å². The summed E-state index contributed by atoms with van der Waals surface area (Å²) in [7, 11) is -3.24. The van der Waals surface area contributed by atoms with Gasteiger partial charge < -0.3 is 11.6 Å². The van der Waals surface area contributed by atoms with Crippen LogP contribution in [-0.4, -0.2) is 37.7 Å². The van der Waals surface area contributed by atoms with E-state index in [-0.39, 0.29) is 31.0 Å². The van der Waals surface area contributed by atoms with E-state index in [0.29, 0.717) is 0 Å². The Bertz CT molecular complexity index is 552. The fraction of sp³-hybridized carbons (Fsp3) is 0.111. The van der Waals surface area contributed by atoms with Crippen molar-refractivity contribution in [3.63, 3.8) is 0 Å². The summed E-state index contributed by atoms with van der Waals surface area (Å²) in [5.41, 5.74) is -0.888. The van der Waals surface area contributed by atoms with Crippen LogP contribution in [0, 0.1) is 0 Å². The summed E-state index contributed by atoms with van der Waals surface area (Å²) >= 11 is 0. The first-order chi connectivity index (χ1) is 7.77. The maximum Gasteiger partial charge on any atom is 1.00 e. The van der Waals surface area contributed by atoms with E-state index in [2.05, 4.69) is 4.18 Å². The Morgan fingerprint density at radius 3 is 1.78 bits per heavy atom. The topological polar surface area (TPSA) is 118 Å². The number of hydrogen-bond acceptors (Lipinski definition) is 5.